The van der Waals surface area contributed by atoms with Crippen LogP contribution in [0.25, 0.3) is 0 Å². The molecule has 0 fully saturated rings. The van der Waals surface area contributed by atoms with Gasteiger partial charge in [0.15, 0.2) is 0 Å². The van der Waals surface area contributed by atoms with Crippen molar-refractivity contribution in [1.29, 1.82) is 0 Å². The summed E-state index contributed by atoms with van der Waals surface area (Å²) in [5.41, 5.74) is 2.60. The average Bonchev–Trinajstić information content (AvgIpc) is 2.39. The number of aromatic carboxylic acids is 1. The van der Waals surface area contributed by atoms with Crippen molar-refractivity contribution in [2.75, 3.05) is 5.32 Å². The molecule has 0 spiro atoms. The van der Waals surface area contributed by atoms with Crippen LogP contribution in [0.4, 0.5) is 5.82 Å². The number of carbonyl (C=O) groups is 1. The lowest BCUT2D eigenvalue weighted by atomic mass is 10.0. The predicted molar refractivity (Wildman–Crippen MR) is 74.4 cm³/mol. The van der Waals surface area contributed by atoms with Crippen LogP contribution in [0.1, 0.15) is 34.5 Å². The summed E-state index contributed by atoms with van der Waals surface area (Å²) in [6.45, 7) is 4.11. The Morgan fingerprint density at radius 1 is 1.26 bits per heavy atom. The summed E-state index contributed by atoms with van der Waals surface area (Å²) >= 11 is 0. The molecule has 0 radical (unpaired) electrons. The number of aryl methyl sites for hydroxylation is 1. The highest BCUT2D eigenvalue weighted by Crippen LogP contribution is 2.20. The van der Waals surface area contributed by atoms with Gasteiger partial charge in [-0.05, 0) is 37.1 Å². The van der Waals surface area contributed by atoms with Gasteiger partial charge in [-0.2, -0.15) is 0 Å². The van der Waals surface area contributed by atoms with Crippen molar-refractivity contribution >= 4 is 11.8 Å². The van der Waals surface area contributed by atoms with E-state index in [1.54, 1.807) is 12.1 Å². The van der Waals surface area contributed by atoms with Gasteiger partial charge in [0.05, 0.1) is 11.6 Å². The van der Waals surface area contributed by atoms with Gasteiger partial charge >= 0.3 is 5.97 Å². The Kier molecular flexibility index (Phi) is 3.80. The molecule has 0 saturated heterocycles. The molecule has 0 amide bonds. The van der Waals surface area contributed by atoms with E-state index >= 15 is 0 Å². The maximum atomic E-state index is 10.7. The van der Waals surface area contributed by atoms with Gasteiger partial charge < -0.3 is 10.4 Å². The minimum Gasteiger partial charge on any atom is -0.478 e. The first-order valence-corrected chi connectivity index (χ1v) is 6.09. The molecule has 98 valence electrons. The summed E-state index contributed by atoms with van der Waals surface area (Å²) in [4.78, 5) is 14.8. The first-order valence-electron chi connectivity index (χ1n) is 6.09. The minimum atomic E-state index is -0.967. The fourth-order valence-corrected chi connectivity index (χ4v) is 1.98. The van der Waals surface area contributed by atoms with Gasteiger partial charge in [-0.3, -0.25) is 0 Å². The molecule has 1 heterocycles. The summed E-state index contributed by atoms with van der Waals surface area (Å²) in [6.07, 6.45) is 1.36. The van der Waals surface area contributed by atoms with E-state index in [0.29, 0.717) is 5.82 Å². The fraction of sp³-hybridized carbons (Fsp3) is 0.200. The number of aromatic nitrogens is 1. The molecule has 0 aliphatic carbocycles. The minimum absolute atomic E-state index is 0.115. The number of carboxylic acid groups (broad SMARTS) is 1. The van der Waals surface area contributed by atoms with Crippen molar-refractivity contribution in [3.63, 3.8) is 0 Å². The summed E-state index contributed by atoms with van der Waals surface area (Å²) < 4.78 is 0. The smallest absolute Gasteiger partial charge is 0.337 e. The van der Waals surface area contributed by atoms with Gasteiger partial charge in [0.2, 0.25) is 0 Å². The van der Waals surface area contributed by atoms with Crippen molar-refractivity contribution in [1.82, 2.24) is 4.98 Å². The van der Waals surface area contributed by atoms with Crippen LogP contribution in [-0.2, 0) is 0 Å². The van der Waals surface area contributed by atoms with Gasteiger partial charge in [-0.1, -0.05) is 24.3 Å². The quantitative estimate of drug-likeness (QED) is 0.881. The summed E-state index contributed by atoms with van der Waals surface area (Å²) in [6, 6.07) is 11.5. The molecule has 2 aromatic rings. The van der Waals surface area contributed by atoms with E-state index in [0.717, 1.165) is 0 Å². The van der Waals surface area contributed by atoms with Crippen LogP contribution < -0.4 is 5.32 Å². The highest BCUT2D eigenvalue weighted by atomic mass is 16.4. The lowest BCUT2D eigenvalue weighted by Crippen LogP contribution is -2.09. The second kappa shape index (κ2) is 5.52. The Balaban J connectivity index is 2.13. The topological polar surface area (TPSA) is 62.2 Å². The van der Waals surface area contributed by atoms with Gasteiger partial charge in [0, 0.05) is 6.20 Å². The molecule has 1 aromatic carbocycles. The van der Waals surface area contributed by atoms with Gasteiger partial charge in [-0.25, -0.2) is 9.78 Å². The molecule has 1 atom stereocenters. The first kappa shape index (κ1) is 13.1. The zero-order valence-electron chi connectivity index (χ0n) is 10.9. The van der Waals surface area contributed by atoms with Crippen LogP contribution in [0.15, 0.2) is 42.6 Å². The Labute approximate surface area is 112 Å². The van der Waals surface area contributed by atoms with Crippen LogP contribution in [-0.4, -0.2) is 16.1 Å². The molecule has 0 aliphatic heterocycles. The molecule has 19 heavy (non-hydrogen) atoms. The highest BCUT2D eigenvalue weighted by Gasteiger charge is 2.09. The third kappa shape index (κ3) is 3.10. The normalized spacial score (nSPS) is 11.9. The van der Waals surface area contributed by atoms with Crippen molar-refractivity contribution < 1.29 is 9.90 Å². The molecular formula is C15H16N2O2. The molecule has 2 N–H and O–H groups in total. The van der Waals surface area contributed by atoms with Crippen LogP contribution in [0.2, 0.25) is 0 Å². The third-order valence-corrected chi connectivity index (χ3v) is 3.03. The van der Waals surface area contributed by atoms with Gasteiger partial charge in [0.25, 0.3) is 0 Å². The number of nitrogens with zero attached hydrogens (tertiary/aromatic N) is 1. The maximum Gasteiger partial charge on any atom is 0.337 e. The number of carboxylic acids is 1. The SMILES string of the molecule is Cc1ccccc1C(C)Nc1ccc(C(=O)O)cn1. The van der Waals surface area contributed by atoms with E-state index < -0.39 is 5.97 Å². The monoisotopic (exact) mass is 256 g/mol. The Bertz CT molecular complexity index is 579. The van der Waals surface area contributed by atoms with Crippen molar-refractivity contribution in [3.8, 4) is 0 Å². The summed E-state index contributed by atoms with van der Waals surface area (Å²) in [7, 11) is 0. The number of benzene rings is 1. The van der Waals surface area contributed by atoms with Gasteiger partial charge in [0.1, 0.15) is 5.82 Å². The van der Waals surface area contributed by atoms with Gasteiger partial charge in [-0.15, -0.1) is 0 Å². The molecule has 0 bridgehead atoms. The molecule has 4 heteroatoms. The summed E-state index contributed by atoms with van der Waals surface area (Å²) in [5, 5.41) is 12.1. The lowest BCUT2D eigenvalue weighted by Gasteiger charge is -2.17. The van der Waals surface area contributed by atoms with E-state index in [4.69, 9.17) is 5.11 Å². The zero-order chi connectivity index (χ0) is 13.8. The molecular weight excluding hydrogens is 240 g/mol. The van der Waals surface area contributed by atoms with Crippen LogP contribution in [0, 0.1) is 6.92 Å². The maximum absolute atomic E-state index is 10.7. The van der Waals surface area contributed by atoms with Crippen molar-refractivity contribution in [2.45, 2.75) is 19.9 Å². The Morgan fingerprint density at radius 3 is 2.58 bits per heavy atom. The second-order valence-electron chi connectivity index (χ2n) is 4.46. The molecule has 0 saturated carbocycles. The number of hydrogen-bond donors (Lipinski definition) is 2. The molecule has 1 aromatic heterocycles. The Hall–Kier alpha value is -2.36. The third-order valence-electron chi connectivity index (χ3n) is 3.03. The van der Waals surface area contributed by atoms with Crippen molar-refractivity contribution in [3.05, 3.63) is 59.3 Å². The number of rotatable bonds is 4. The number of anilines is 1. The largest absolute Gasteiger partial charge is 0.478 e. The van der Waals surface area contributed by atoms with Crippen LogP contribution >= 0.6 is 0 Å². The lowest BCUT2D eigenvalue weighted by molar-refractivity contribution is 0.0696. The molecule has 0 aliphatic rings. The van der Waals surface area contributed by atoms with E-state index in [-0.39, 0.29) is 11.6 Å². The first-order chi connectivity index (χ1) is 9.08. The zero-order valence-corrected chi connectivity index (χ0v) is 10.9. The van der Waals surface area contributed by atoms with Crippen molar-refractivity contribution in [2.24, 2.45) is 0 Å². The average molecular weight is 256 g/mol. The van der Waals surface area contributed by atoms with E-state index in [9.17, 15) is 4.79 Å². The fourth-order valence-electron chi connectivity index (χ4n) is 1.98. The molecule has 4 nitrogen and oxygen atoms in total. The molecule has 1 unspecified atom stereocenters. The second-order valence-corrected chi connectivity index (χ2v) is 4.46. The Morgan fingerprint density at radius 2 is 2.00 bits per heavy atom. The predicted octanol–water partition coefficient (Wildman–Crippen LogP) is 3.26. The standard InChI is InChI=1S/C15H16N2O2/c1-10-5-3-4-6-13(10)11(2)17-14-8-7-12(9-16-14)15(18)19/h3-9,11H,1-2H3,(H,16,17)(H,18,19). The number of hydrogen-bond acceptors (Lipinski definition) is 3. The van der Waals surface area contributed by atoms with Crippen LogP contribution in [0.3, 0.4) is 0 Å². The van der Waals surface area contributed by atoms with E-state index in [1.165, 1.54) is 17.3 Å². The van der Waals surface area contributed by atoms with E-state index in [1.807, 2.05) is 12.1 Å². The summed E-state index contributed by atoms with van der Waals surface area (Å²) in [5.74, 6) is -0.299. The number of pyridine rings is 1. The highest BCUT2D eigenvalue weighted by molar-refractivity contribution is 5.87. The molecule has 2 rings (SSSR count). The van der Waals surface area contributed by atoms with Crippen LogP contribution in [0.5, 0.6) is 0 Å². The van der Waals surface area contributed by atoms with E-state index in [2.05, 4.69) is 36.3 Å². The number of nitrogens with one attached hydrogen (secondary N) is 1.